The van der Waals surface area contributed by atoms with Gasteiger partial charge >= 0.3 is 5.97 Å². The van der Waals surface area contributed by atoms with Crippen molar-refractivity contribution in [1.82, 2.24) is 4.90 Å². The van der Waals surface area contributed by atoms with Crippen molar-refractivity contribution in [2.45, 2.75) is 48.0 Å². The van der Waals surface area contributed by atoms with Crippen LogP contribution in [0.2, 0.25) is 0 Å². The summed E-state index contributed by atoms with van der Waals surface area (Å²) < 4.78 is 5.46. The molecule has 0 spiro atoms. The van der Waals surface area contributed by atoms with Crippen molar-refractivity contribution in [3.05, 3.63) is 0 Å². The van der Waals surface area contributed by atoms with Crippen LogP contribution in [0.4, 0.5) is 0 Å². The summed E-state index contributed by atoms with van der Waals surface area (Å²) in [5.41, 5.74) is -0.514. The Labute approximate surface area is 113 Å². The minimum absolute atomic E-state index is 0.0643. The zero-order valence-electron chi connectivity index (χ0n) is 13.5. The van der Waals surface area contributed by atoms with E-state index in [9.17, 15) is 4.79 Å². The molecule has 0 saturated carbocycles. The van der Waals surface area contributed by atoms with Crippen LogP contribution in [0.5, 0.6) is 0 Å². The number of likely N-dealkylation sites (N-methyl/N-ethyl adjacent to an activating group) is 1. The summed E-state index contributed by atoms with van der Waals surface area (Å²) in [6, 6.07) is 0. The molecule has 0 amide bonds. The molecule has 1 atom stereocenters. The lowest BCUT2D eigenvalue weighted by atomic mass is 9.64. The Balaban J connectivity index is 4.72. The number of hydrogen-bond donors (Lipinski definition) is 0. The quantitative estimate of drug-likeness (QED) is 0.684. The highest BCUT2D eigenvalue weighted by Gasteiger charge is 2.45. The second-order valence-electron chi connectivity index (χ2n) is 7.12. The first-order chi connectivity index (χ1) is 8.00. The van der Waals surface area contributed by atoms with Gasteiger partial charge in [-0.1, -0.05) is 34.6 Å². The number of nitrogens with zero attached hydrogens (tertiary/aromatic N) is 1. The van der Waals surface area contributed by atoms with Gasteiger partial charge in [0, 0.05) is 6.54 Å². The first kappa shape index (κ1) is 17.4. The van der Waals surface area contributed by atoms with Crippen molar-refractivity contribution in [3.63, 3.8) is 0 Å². The van der Waals surface area contributed by atoms with E-state index in [4.69, 9.17) is 4.74 Å². The van der Waals surface area contributed by atoms with Gasteiger partial charge in [0.1, 0.15) is 6.61 Å². The lowest BCUT2D eigenvalue weighted by Crippen LogP contribution is -2.43. The lowest BCUT2D eigenvalue weighted by molar-refractivity contribution is -0.163. The first-order valence-corrected chi connectivity index (χ1v) is 6.82. The second-order valence-corrected chi connectivity index (χ2v) is 7.12. The van der Waals surface area contributed by atoms with Gasteiger partial charge in [0.2, 0.25) is 0 Å². The van der Waals surface area contributed by atoms with Gasteiger partial charge in [0.05, 0.1) is 5.41 Å². The molecule has 0 aromatic heterocycles. The minimum Gasteiger partial charge on any atom is -0.464 e. The molecule has 3 heteroatoms. The number of carbonyl (C=O) groups is 1. The van der Waals surface area contributed by atoms with E-state index in [0.717, 1.165) is 13.0 Å². The second kappa shape index (κ2) is 6.55. The molecule has 0 rings (SSSR count). The highest BCUT2D eigenvalue weighted by atomic mass is 16.5. The summed E-state index contributed by atoms with van der Waals surface area (Å²) in [5.74, 6) is 0.418. The summed E-state index contributed by atoms with van der Waals surface area (Å²) in [6.07, 6.45) is 0.858. The molecule has 1 unspecified atom stereocenters. The highest BCUT2D eigenvalue weighted by molar-refractivity contribution is 5.77. The maximum absolute atomic E-state index is 12.4. The smallest absolute Gasteiger partial charge is 0.312 e. The van der Waals surface area contributed by atoms with E-state index in [1.165, 1.54) is 0 Å². The SMILES string of the molecule is CC(C)CC(C)(C(=O)OCCN(C)C)C(C)(C)C. The number of carbonyl (C=O) groups excluding carboxylic acids is 1. The van der Waals surface area contributed by atoms with E-state index in [1.807, 2.05) is 25.9 Å². The average Bonchev–Trinajstić information content (AvgIpc) is 2.13. The molecule has 0 aliphatic carbocycles. The molecule has 0 saturated heterocycles. The Hall–Kier alpha value is -0.570. The lowest BCUT2D eigenvalue weighted by Gasteiger charge is -2.40. The van der Waals surface area contributed by atoms with Crippen molar-refractivity contribution in [1.29, 1.82) is 0 Å². The fourth-order valence-corrected chi connectivity index (χ4v) is 1.99. The van der Waals surface area contributed by atoms with E-state index in [0.29, 0.717) is 12.5 Å². The van der Waals surface area contributed by atoms with Gasteiger partial charge in [0.25, 0.3) is 0 Å². The monoisotopic (exact) mass is 257 g/mol. The van der Waals surface area contributed by atoms with E-state index in [2.05, 4.69) is 34.6 Å². The van der Waals surface area contributed by atoms with Crippen LogP contribution in [0.3, 0.4) is 0 Å². The largest absolute Gasteiger partial charge is 0.464 e. The van der Waals surface area contributed by atoms with Crippen molar-refractivity contribution in [2.75, 3.05) is 27.2 Å². The normalized spacial score (nSPS) is 15.9. The summed E-state index contributed by atoms with van der Waals surface area (Å²) in [5, 5.41) is 0. The maximum Gasteiger partial charge on any atom is 0.312 e. The minimum atomic E-state index is -0.423. The van der Waals surface area contributed by atoms with Crippen LogP contribution in [0.1, 0.15) is 48.0 Å². The molecule has 0 N–H and O–H groups in total. The van der Waals surface area contributed by atoms with Crippen LogP contribution in [0, 0.1) is 16.7 Å². The van der Waals surface area contributed by atoms with Crippen molar-refractivity contribution in [2.24, 2.45) is 16.7 Å². The summed E-state index contributed by atoms with van der Waals surface area (Å²) in [7, 11) is 3.95. The predicted octanol–water partition coefficient (Wildman–Crippen LogP) is 3.19. The van der Waals surface area contributed by atoms with E-state index in [1.54, 1.807) is 0 Å². The molecular formula is C15H31NO2. The Morgan fingerprint density at radius 2 is 1.67 bits per heavy atom. The van der Waals surface area contributed by atoms with Crippen LogP contribution in [0.25, 0.3) is 0 Å². The van der Waals surface area contributed by atoms with E-state index >= 15 is 0 Å². The molecular weight excluding hydrogens is 226 g/mol. The first-order valence-electron chi connectivity index (χ1n) is 6.82. The molecule has 108 valence electrons. The van der Waals surface area contributed by atoms with Gasteiger partial charge < -0.3 is 9.64 Å². The van der Waals surface area contributed by atoms with Gasteiger partial charge in [-0.05, 0) is 38.8 Å². The molecule has 0 heterocycles. The van der Waals surface area contributed by atoms with Gasteiger partial charge in [-0.2, -0.15) is 0 Å². The van der Waals surface area contributed by atoms with Crippen LogP contribution in [-0.4, -0.2) is 38.1 Å². The Kier molecular flexibility index (Phi) is 6.35. The summed E-state index contributed by atoms with van der Waals surface area (Å²) >= 11 is 0. The maximum atomic E-state index is 12.4. The molecule has 3 nitrogen and oxygen atoms in total. The molecule has 0 aromatic rings. The van der Waals surface area contributed by atoms with Crippen LogP contribution in [0.15, 0.2) is 0 Å². The van der Waals surface area contributed by atoms with E-state index in [-0.39, 0.29) is 11.4 Å². The van der Waals surface area contributed by atoms with E-state index < -0.39 is 5.41 Å². The topological polar surface area (TPSA) is 29.5 Å². The van der Waals surface area contributed by atoms with Gasteiger partial charge in [-0.25, -0.2) is 0 Å². The molecule has 0 aliphatic heterocycles. The van der Waals surface area contributed by atoms with Crippen molar-refractivity contribution < 1.29 is 9.53 Å². The zero-order chi connectivity index (χ0) is 14.6. The molecule has 0 aliphatic rings. The summed E-state index contributed by atoms with van der Waals surface area (Å²) in [4.78, 5) is 14.4. The fraction of sp³-hybridized carbons (Fsp3) is 0.933. The van der Waals surface area contributed by atoms with Crippen LogP contribution in [-0.2, 0) is 9.53 Å². The Bertz CT molecular complexity index is 266. The molecule has 0 fully saturated rings. The Morgan fingerprint density at radius 1 is 1.17 bits per heavy atom. The highest BCUT2D eigenvalue weighted by Crippen LogP contribution is 2.44. The fourth-order valence-electron chi connectivity index (χ4n) is 1.99. The number of esters is 1. The molecule has 0 bridgehead atoms. The third-order valence-electron chi connectivity index (χ3n) is 3.69. The third kappa shape index (κ3) is 4.97. The predicted molar refractivity (Wildman–Crippen MR) is 76.5 cm³/mol. The summed E-state index contributed by atoms with van der Waals surface area (Å²) in [6.45, 7) is 13.9. The van der Waals surface area contributed by atoms with Gasteiger partial charge in [0.15, 0.2) is 0 Å². The van der Waals surface area contributed by atoms with Crippen LogP contribution >= 0.6 is 0 Å². The number of rotatable bonds is 6. The Morgan fingerprint density at radius 3 is 2.00 bits per heavy atom. The van der Waals surface area contributed by atoms with Crippen molar-refractivity contribution >= 4 is 5.97 Å². The van der Waals surface area contributed by atoms with Gasteiger partial charge in [-0.3, -0.25) is 4.79 Å². The number of hydrogen-bond acceptors (Lipinski definition) is 3. The number of ether oxygens (including phenoxy) is 1. The third-order valence-corrected chi connectivity index (χ3v) is 3.69. The standard InChI is InChI=1S/C15H31NO2/c1-12(2)11-15(6,14(3,4)5)13(17)18-10-9-16(7)8/h12H,9-11H2,1-8H3. The van der Waals surface area contributed by atoms with Crippen molar-refractivity contribution in [3.8, 4) is 0 Å². The molecule has 18 heavy (non-hydrogen) atoms. The van der Waals surface area contributed by atoms with Gasteiger partial charge in [-0.15, -0.1) is 0 Å². The zero-order valence-corrected chi connectivity index (χ0v) is 13.5. The average molecular weight is 257 g/mol. The van der Waals surface area contributed by atoms with Crippen LogP contribution < -0.4 is 0 Å². The molecule has 0 radical (unpaired) electrons. The molecule has 0 aromatic carbocycles.